The summed E-state index contributed by atoms with van der Waals surface area (Å²) in [5.74, 6) is -0.483. The SMILES string of the molecule is C=C1C(Br)=C[C-]=C(c2ccccc2F)N1CC(F)F.[Y]. The summed E-state index contributed by atoms with van der Waals surface area (Å²) in [6, 6.07) is 5.99. The van der Waals surface area contributed by atoms with E-state index >= 15 is 0 Å². The van der Waals surface area contributed by atoms with Crippen LogP contribution >= 0.6 is 15.9 Å². The first-order chi connectivity index (χ1) is 9.00. The van der Waals surface area contributed by atoms with Crippen molar-refractivity contribution >= 4 is 21.6 Å². The summed E-state index contributed by atoms with van der Waals surface area (Å²) in [7, 11) is 0. The number of benzene rings is 1. The van der Waals surface area contributed by atoms with Crippen molar-refractivity contribution < 1.29 is 45.9 Å². The summed E-state index contributed by atoms with van der Waals surface area (Å²) < 4.78 is 39.6. The average molecular weight is 418 g/mol. The van der Waals surface area contributed by atoms with E-state index in [-0.39, 0.29) is 44.0 Å². The van der Waals surface area contributed by atoms with Crippen LogP contribution in [0.5, 0.6) is 0 Å². The van der Waals surface area contributed by atoms with E-state index in [1.165, 1.54) is 17.0 Å². The van der Waals surface area contributed by atoms with Gasteiger partial charge in [0.25, 0.3) is 6.43 Å². The van der Waals surface area contributed by atoms with Crippen molar-refractivity contribution in [1.82, 2.24) is 4.90 Å². The smallest absolute Gasteiger partial charge is 0.256 e. The molecule has 1 radical (unpaired) electrons. The van der Waals surface area contributed by atoms with Crippen molar-refractivity contribution in [3.8, 4) is 0 Å². The van der Waals surface area contributed by atoms with Crippen molar-refractivity contribution in [2.45, 2.75) is 6.43 Å². The molecule has 0 bridgehead atoms. The van der Waals surface area contributed by atoms with Crippen LogP contribution in [0, 0.1) is 11.9 Å². The fraction of sp³-hybridized carbons (Fsp3) is 0.143. The number of alkyl halides is 2. The minimum atomic E-state index is -2.56. The van der Waals surface area contributed by atoms with E-state index in [1.54, 1.807) is 18.2 Å². The van der Waals surface area contributed by atoms with Crippen LogP contribution in [-0.4, -0.2) is 17.9 Å². The van der Waals surface area contributed by atoms with Gasteiger partial charge in [0, 0.05) is 32.7 Å². The molecule has 20 heavy (non-hydrogen) atoms. The molecule has 0 N–H and O–H groups in total. The van der Waals surface area contributed by atoms with Gasteiger partial charge in [-0.05, 0) is 11.8 Å². The van der Waals surface area contributed by atoms with Gasteiger partial charge in [-0.1, -0.05) is 34.5 Å². The van der Waals surface area contributed by atoms with Crippen LogP contribution < -0.4 is 0 Å². The van der Waals surface area contributed by atoms with Crippen molar-refractivity contribution in [2.75, 3.05) is 6.54 Å². The molecule has 1 aliphatic rings. The third-order valence-electron chi connectivity index (χ3n) is 2.66. The topological polar surface area (TPSA) is 3.24 Å². The van der Waals surface area contributed by atoms with Crippen LogP contribution in [0.4, 0.5) is 13.2 Å². The minimum absolute atomic E-state index is 0. The zero-order chi connectivity index (χ0) is 14.0. The maximum Gasteiger partial charge on any atom is 0.256 e. The summed E-state index contributed by atoms with van der Waals surface area (Å²) in [5, 5.41) is 0. The quantitative estimate of drug-likeness (QED) is 0.661. The molecule has 1 aliphatic heterocycles. The van der Waals surface area contributed by atoms with Crippen LogP contribution in [0.2, 0.25) is 0 Å². The molecule has 2 rings (SSSR count). The van der Waals surface area contributed by atoms with Gasteiger partial charge in [0.1, 0.15) is 0 Å². The normalized spacial score (nSPS) is 14.8. The van der Waals surface area contributed by atoms with Gasteiger partial charge in [-0.15, -0.1) is 22.0 Å². The molecule has 0 aliphatic carbocycles. The average Bonchev–Trinajstić information content (AvgIpc) is 2.36. The standard InChI is InChI=1S/C14H10BrF3N.Y/c1-9-11(15)6-7-13(19(9)8-14(17)18)10-4-2-3-5-12(10)16;/h2-6,14H,1,8H2;/q-1;. The van der Waals surface area contributed by atoms with E-state index in [4.69, 9.17) is 0 Å². The Bertz CT molecular complexity index is 569. The Morgan fingerprint density at radius 3 is 2.55 bits per heavy atom. The van der Waals surface area contributed by atoms with Crippen molar-refractivity contribution in [3.63, 3.8) is 0 Å². The summed E-state index contributed by atoms with van der Waals surface area (Å²) >= 11 is 3.21. The zero-order valence-electron chi connectivity index (χ0n) is 10.4. The Balaban J connectivity index is 0.00000200. The molecule has 0 spiro atoms. The molecule has 0 unspecified atom stereocenters. The number of allylic oxidation sites excluding steroid dienone is 3. The van der Waals surface area contributed by atoms with Crippen LogP contribution in [0.25, 0.3) is 5.70 Å². The van der Waals surface area contributed by atoms with E-state index in [1.807, 2.05) is 0 Å². The van der Waals surface area contributed by atoms with E-state index < -0.39 is 18.8 Å². The minimum Gasteiger partial charge on any atom is -0.369 e. The van der Waals surface area contributed by atoms with E-state index in [0.29, 0.717) is 10.2 Å². The first-order valence-corrected chi connectivity index (χ1v) is 6.29. The van der Waals surface area contributed by atoms with Crippen LogP contribution in [0.15, 0.2) is 47.1 Å². The molecule has 1 nitrogen and oxygen atoms in total. The second-order valence-electron chi connectivity index (χ2n) is 3.91. The van der Waals surface area contributed by atoms with Gasteiger partial charge < -0.3 is 4.90 Å². The molecule has 0 saturated heterocycles. The second-order valence-corrected chi connectivity index (χ2v) is 4.77. The predicted octanol–water partition coefficient (Wildman–Crippen LogP) is 4.34. The molecule has 1 aromatic rings. The van der Waals surface area contributed by atoms with Gasteiger partial charge in [0.2, 0.25) is 0 Å². The van der Waals surface area contributed by atoms with Gasteiger partial charge in [-0.25, -0.2) is 13.2 Å². The Morgan fingerprint density at radius 2 is 1.95 bits per heavy atom. The fourth-order valence-electron chi connectivity index (χ4n) is 1.77. The third-order valence-corrected chi connectivity index (χ3v) is 3.34. The first-order valence-electron chi connectivity index (χ1n) is 5.49. The van der Waals surface area contributed by atoms with Crippen LogP contribution in [0.3, 0.4) is 0 Å². The molecule has 0 amide bonds. The predicted molar refractivity (Wildman–Crippen MR) is 71.9 cm³/mol. The zero-order valence-corrected chi connectivity index (χ0v) is 14.8. The maximum atomic E-state index is 13.8. The van der Waals surface area contributed by atoms with Crippen LogP contribution in [-0.2, 0) is 32.7 Å². The molecule has 103 valence electrons. The first kappa shape index (κ1) is 17.7. The summed E-state index contributed by atoms with van der Waals surface area (Å²) in [4.78, 5) is 1.26. The van der Waals surface area contributed by atoms with Gasteiger partial charge in [-0.3, -0.25) is 0 Å². The molecule has 1 aromatic carbocycles. The summed E-state index contributed by atoms with van der Waals surface area (Å²) in [6.45, 7) is 3.17. The van der Waals surface area contributed by atoms with Crippen LogP contribution in [0.1, 0.15) is 5.56 Å². The number of halogens is 4. The number of nitrogens with zero attached hydrogens (tertiary/aromatic N) is 1. The molecule has 0 fully saturated rings. The molecular formula is C14H10BrF3NY-. The number of hydrogen-bond donors (Lipinski definition) is 0. The fourth-order valence-corrected chi connectivity index (χ4v) is 2.10. The van der Waals surface area contributed by atoms with Gasteiger partial charge in [0.15, 0.2) is 0 Å². The summed E-state index contributed by atoms with van der Waals surface area (Å²) in [6.07, 6.45) is 1.80. The monoisotopic (exact) mass is 417 g/mol. The second kappa shape index (κ2) is 7.57. The Morgan fingerprint density at radius 1 is 1.30 bits per heavy atom. The Kier molecular flexibility index (Phi) is 6.69. The molecule has 0 saturated carbocycles. The van der Waals surface area contributed by atoms with Crippen molar-refractivity contribution in [3.05, 3.63) is 64.6 Å². The Hall–Kier alpha value is -0.386. The number of rotatable bonds is 3. The largest absolute Gasteiger partial charge is 0.369 e. The molecule has 0 atom stereocenters. The maximum absolute atomic E-state index is 13.8. The van der Waals surface area contributed by atoms with Crippen molar-refractivity contribution in [1.29, 1.82) is 0 Å². The summed E-state index contributed by atoms with van der Waals surface area (Å²) in [5.41, 5.74) is 0.837. The third kappa shape index (κ3) is 3.83. The van der Waals surface area contributed by atoms with E-state index in [2.05, 4.69) is 28.6 Å². The van der Waals surface area contributed by atoms with Gasteiger partial charge in [0.05, 0.1) is 12.4 Å². The Labute approximate surface area is 149 Å². The van der Waals surface area contributed by atoms with E-state index in [0.717, 1.165) is 0 Å². The van der Waals surface area contributed by atoms with Gasteiger partial charge in [-0.2, -0.15) is 12.2 Å². The molecule has 1 heterocycles. The molecule has 6 heteroatoms. The van der Waals surface area contributed by atoms with E-state index in [9.17, 15) is 13.2 Å². The number of hydrogen-bond acceptors (Lipinski definition) is 1. The van der Waals surface area contributed by atoms with Gasteiger partial charge >= 0.3 is 0 Å². The molecule has 0 aromatic heterocycles. The van der Waals surface area contributed by atoms with Crippen molar-refractivity contribution in [2.24, 2.45) is 0 Å². The molecular weight excluding hydrogens is 408 g/mol.